The lowest BCUT2D eigenvalue weighted by molar-refractivity contribution is -0.137. The van der Waals surface area contributed by atoms with Crippen LogP contribution in [0.4, 0.5) is 18.9 Å². The summed E-state index contributed by atoms with van der Waals surface area (Å²) >= 11 is 9.10. The van der Waals surface area contributed by atoms with Crippen LogP contribution in [0.2, 0.25) is 5.02 Å². The van der Waals surface area contributed by atoms with Crippen molar-refractivity contribution in [2.75, 3.05) is 5.32 Å². The highest BCUT2D eigenvalue weighted by Crippen LogP contribution is 2.37. The number of halogens is 5. The van der Waals surface area contributed by atoms with E-state index in [0.717, 1.165) is 11.6 Å². The fourth-order valence-electron chi connectivity index (χ4n) is 1.98. The van der Waals surface area contributed by atoms with Crippen LogP contribution in [0.3, 0.4) is 0 Å². The molecule has 2 aromatic rings. The van der Waals surface area contributed by atoms with Crippen molar-refractivity contribution in [3.63, 3.8) is 0 Å². The molecule has 1 nitrogen and oxygen atoms in total. The molecule has 0 aliphatic carbocycles. The minimum Gasteiger partial charge on any atom is -0.378 e. The predicted molar refractivity (Wildman–Crippen MR) is 82.6 cm³/mol. The topological polar surface area (TPSA) is 12.0 Å². The summed E-state index contributed by atoms with van der Waals surface area (Å²) in [5.74, 6) is 0. The van der Waals surface area contributed by atoms with Crippen LogP contribution in [0.25, 0.3) is 0 Å². The smallest absolute Gasteiger partial charge is 0.378 e. The van der Waals surface area contributed by atoms with Gasteiger partial charge in [-0.25, -0.2) is 0 Å². The molecule has 0 fully saturated rings. The number of benzene rings is 2. The average molecular weight is 379 g/mol. The Bertz CT molecular complexity index is 643. The first-order valence-electron chi connectivity index (χ1n) is 6.16. The Morgan fingerprint density at radius 2 is 1.86 bits per heavy atom. The molecule has 21 heavy (non-hydrogen) atoms. The largest absolute Gasteiger partial charge is 0.418 e. The van der Waals surface area contributed by atoms with Crippen molar-refractivity contribution in [1.82, 2.24) is 0 Å². The van der Waals surface area contributed by atoms with Gasteiger partial charge in [0.25, 0.3) is 0 Å². The Balaban J connectivity index is 2.32. The maximum Gasteiger partial charge on any atom is 0.418 e. The lowest BCUT2D eigenvalue weighted by Gasteiger charge is -2.20. The molecule has 112 valence electrons. The Morgan fingerprint density at radius 3 is 2.48 bits per heavy atom. The molecular weight excluding hydrogens is 367 g/mol. The van der Waals surface area contributed by atoms with Gasteiger partial charge in [0, 0.05) is 21.2 Å². The van der Waals surface area contributed by atoms with Crippen LogP contribution >= 0.6 is 27.5 Å². The molecule has 2 aromatic carbocycles. The summed E-state index contributed by atoms with van der Waals surface area (Å²) in [6.07, 6.45) is -4.41. The zero-order valence-corrected chi connectivity index (χ0v) is 13.4. The van der Waals surface area contributed by atoms with E-state index in [0.29, 0.717) is 9.50 Å². The summed E-state index contributed by atoms with van der Waals surface area (Å²) in [5, 5.41) is 3.44. The van der Waals surface area contributed by atoms with Crippen LogP contribution in [-0.2, 0) is 6.18 Å². The number of nitrogens with one attached hydrogen (secondary N) is 1. The molecule has 2 rings (SSSR count). The second-order valence-electron chi connectivity index (χ2n) is 4.61. The van der Waals surface area contributed by atoms with Gasteiger partial charge in [-0.1, -0.05) is 39.7 Å². The van der Waals surface area contributed by atoms with Crippen molar-refractivity contribution in [3.8, 4) is 0 Å². The molecule has 1 unspecified atom stereocenters. The first-order valence-corrected chi connectivity index (χ1v) is 7.33. The van der Waals surface area contributed by atoms with Crippen LogP contribution in [0, 0.1) is 0 Å². The fraction of sp³-hybridized carbons (Fsp3) is 0.200. The van der Waals surface area contributed by atoms with E-state index in [9.17, 15) is 13.2 Å². The van der Waals surface area contributed by atoms with E-state index in [1.807, 2.05) is 6.07 Å². The summed E-state index contributed by atoms with van der Waals surface area (Å²) in [7, 11) is 0. The van der Waals surface area contributed by atoms with Gasteiger partial charge < -0.3 is 5.32 Å². The third-order valence-corrected chi connectivity index (χ3v) is 3.74. The van der Waals surface area contributed by atoms with E-state index in [2.05, 4.69) is 21.2 Å². The van der Waals surface area contributed by atoms with Gasteiger partial charge >= 0.3 is 6.18 Å². The lowest BCUT2D eigenvalue weighted by Crippen LogP contribution is -2.13. The van der Waals surface area contributed by atoms with Gasteiger partial charge in [-0.3, -0.25) is 0 Å². The molecule has 0 bridgehead atoms. The average Bonchev–Trinajstić information content (AvgIpc) is 2.37. The Kier molecular flexibility index (Phi) is 4.84. The molecule has 6 heteroatoms. The van der Waals surface area contributed by atoms with E-state index < -0.39 is 11.7 Å². The van der Waals surface area contributed by atoms with Crippen molar-refractivity contribution in [2.45, 2.75) is 19.1 Å². The van der Waals surface area contributed by atoms with E-state index in [1.165, 1.54) is 12.1 Å². The van der Waals surface area contributed by atoms with Crippen LogP contribution < -0.4 is 5.32 Å². The quantitative estimate of drug-likeness (QED) is 0.661. The van der Waals surface area contributed by atoms with Crippen LogP contribution in [0.15, 0.2) is 46.9 Å². The molecule has 0 aliphatic heterocycles. The maximum absolute atomic E-state index is 13.0. The van der Waals surface area contributed by atoms with Crippen LogP contribution in [0.1, 0.15) is 24.1 Å². The van der Waals surface area contributed by atoms with Gasteiger partial charge in [-0.05, 0) is 42.8 Å². The van der Waals surface area contributed by atoms with Gasteiger partial charge in [-0.15, -0.1) is 0 Å². The number of alkyl halides is 3. The van der Waals surface area contributed by atoms with E-state index in [-0.39, 0.29) is 11.7 Å². The van der Waals surface area contributed by atoms with Gasteiger partial charge in [-0.2, -0.15) is 13.2 Å². The number of hydrogen-bond donors (Lipinski definition) is 1. The molecular formula is C15H12BrClF3N. The molecule has 0 radical (unpaired) electrons. The van der Waals surface area contributed by atoms with Crippen molar-refractivity contribution >= 4 is 33.2 Å². The third-order valence-electron chi connectivity index (χ3n) is 3.01. The van der Waals surface area contributed by atoms with Gasteiger partial charge in [0.1, 0.15) is 0 Å². The predicted octanol–water partition coefficient (Wildman–Crippen LogP) is 6.29. The molecule has 0 heterocycles. The van der Waals surface area contributed by atoms with Crippen LogP contribution in [0.5, 0.6) is 0 Å². The zero-order valence-electron chi connectivity index (χ0n) is 11.0. The summed E-state index contributed by atoms with van der Waals surface area (Å²) in [6, 6.07) is 10.6. The summed E-state index contributed by atoms with van der Waals surface area (Å²) in [6.45, 7) is 1.78. The Morgan fingerprint density at radius 1 is 1.14 bits per heavy atom. The molecule has 0 aliphatic rings. The Hall–Kier alpha value is -1.20. The monoisotopic (exact) mass is 377 g/mol. The molecule has 0 saturated carbocycles. The molecule has 0 amide bonds. The number of anilines is 1. The Labute approximate surface area is 134 Å². The highest BCUT2D eigenvalue weighted by atomic mass is 79.9. The number of hydrogen-bond acceptors (Lipinski definition) is 1. The maximum atomic E-state index is 13.0. The molecule has 1 atom stereocenters. The normalized spacial score (nSPS) is 13.0. The molecule has 0 spiro atoms. The van der Waals surface area contributed by atoms with Gasteiger partial charge in [0.15, 0.2) is 0 Å². The van der Waals surface area contributed by atoms with Crippen molar-refractivity contribution in [1.29, 1.82) is 0 Å². The van der Waals surface area contributed by atoms with Gasteiger partial charge in [0.05, 0.1) is 5.56 Å². The second-order valence-corrected chi connectivity index (χ2v) is 5.96. The van der Waals surface area contributed by atoms with E-state index in [4.69, 9.17) is 11.6 Å². The fourth-order valence-corrected chi connectivity index (χ4v) is 2.54. The zero-order chi connectivity index (χ0) is 15.6. The number of rotatable bonds is 3. The summed E-state index contributed by atoms with van der Waals surface area (Å²) < 4.78 is 39.6. The summed E-state index contributed by atoms with van der Waals surface area (Å²) in [5.41, 5.74) is 0.152. The summed E-state index contributed by atoms with van der Waals surface area (Å²) in [4.78, 5) is 0. The van der Waals surface area contributed by atoms with Crippen molar-refractivity contribution < 1.29 is 13.2 Å². The minimum absolute atomic E-state index is 0.0318. The first-order chi connectivity index (χ1) is 9.77. The highest BCUT2D eigenvalue weighted by molar-refractivity contribution is 9.10. The SMILES string of the molecule is CC(Nc1cc(Br)ccc1C(F)(F)F)c1cccc(Cl)c1. The highest BCUT2D eigenvalue weighted by Gasteiger charge is 2.33. The van der Waals surface area contributed by atoms with Crippen LogP contribution in [-0.4, -0.2) is 0 Å². The van der Waals surface area contributed by atoms with Gasteiger partial charge in [0.2, 0.25) is 0 Å². The van der Waals surface area contributed by atoms with E-state index >= 15 is 0 Å². The minimum atomic E-state index is -4.41. The molecule has 0 saturated heterocycles. The third kappa shape index (κ3) is 4.14. The first kappa shape index (κ1) is 16.2. The van der Waals surface area contributed by atoms with Crippen molar-refractivity contribution in [2.24, 2.45) is 0 Å². The lowest BCUT2D eigenvalue weighted by atomic mass is 10.1. The van der Waals surface area contributed by atoms with Crippen molar-refractivity contribution in [3.05, 3.63) is 63.1 Å². The molecule has 0 aromatic heterocycles. The van der Waals surface area contributed by atoms with E-state index in [1.54, 1.807) is 25.1 Å². The standard InChI is InChI=1S/C15H12BrClF3N/c1-9(10-3-2-4-12(17)7-10)21-14-8-11(16)5-6-13(14)15(18,19)20/h2-9,21H,1H3. The second kappa shape index (κ2) is 6.28. The molecule has 1 N–H and O–H groups in total.